The van der Waals surface area contributed by atoms with Crippen molar-refractivity contribution >= 4 is 11.8 Å². The lowest BCUT2D eigenvalue weighted by atomic mass is 10.0. The van der Waals surface area contributed by atoms with Crippen molar-refractivity contribution in [1.29, 1.82) is 0 Å². The van der Waals surface area contributed by atoms with Crippen LogP contribution in [-0.4, -0.2) is 27.3 Å². The number of ketones is 1. The first kappa shape index (κ1) is 16.8. The molecule has 0 unspecified atom stereocenters. The summed E-state index contributed by atoms with van der Waals surface area (Å²) < 4.78 is 5.18. The van der Waals surface area contributed by atoms with Gasteiger partial charge in [-0.05, 0) is 33.8 Å². The number of benzene rings is 1. The molecule has 2 aromatic rings. The van der Waals surface area contributed by atoms with Crippen molar-refractivity contribution in [3.05, 3.63) is 47.9 Å². The van der Waals surface area contributed by atoms with Gasteiger partial charge >= 0.3 is 5.97 Å². The van der Waals surface area contributed by atoms with Crippen LogP contribution < -0.4 is 0 Å². The van der Waals surface area contributed by atoms with Crippen molar-refractivity contribution in [3.63, 3.8) is 0 Å². The van der Waals surface area contributed by atoms with Gasteiger partial charge in [0.05, 0.1) is 17.6 Å². The summed E-state index contributed by atoms with van der Waals surface area (Å²) in [4.78, 5) is 32.5. The fraction of sp³-hybridized carbons (Fsp3) is 0.333. The molecule has 23 heavy (non-hydrogen) atoms. The maximum absolute atomic E-state index is 12.3. The van der Waals surface area contributed by atoms with Crippen LogP contribution in [0.5, 0.6) is 0 Å². The number of nitrogens with zero attached hydrogens (tertiary/aromatic N) is 2. The van der Waals surface area contributed by atoms with Gasteiger partial charge in [-0.25, -0.2) is 4.98 Å². The molecule has 0 aliphatic heterocycles. The highest BCUT2D eigenvalue weighted by molar-refractivity contribution is 6.06. The number of Topliss-reactive ketones (excluding diaryl/α,β-unsaturated/α-hetero) is 1. The van der Waals surface area contributed by atoms with Gasteiger partial charge in [0, 0.05) is 17.3 Å². The summed E-state index contributed by atoms with van der Waals surface area (Å²) in [6, 6.07) is 7.02. The molecule has 0 bridgehead atoms. The Morgan fingerprint density at radius 3 is 2.57 bits per heavy atom. The van der Waals surface area contributed by atoms with Gasteiger partial charge in [-0.15, -0.1) is 0 Å². The Bertz CT molecular complexity index is 733. The van der Waals surface area contributed by atoms with Crippen LogP contribution in [0, 0.1) is 6.92 Å². The molecule has 0 atom stereocenters. The molecule has 0 fully saturated rings. The van der Waals surface area contributed by atoms with Gasteiger partial charge in [0.1, 0.15) is 12.0 Å². The van der Waals surface area contributed by atoms with Gasteiger partial charge < -0.3 is 4.74 Å². The second kappa shape index (κ2) is 6.69. The SMILES string of the molecule is Cc1cncc(-c2cccc(C(=O)CC(=O)OC(C)(C)C)c2)n1. The van der Waals surface area contributed by atoms with Gasteiger partial charge in [0.2, 0.25) is 0 Å². The molecule has 0 aliphatic carbocycles. The molecule has 0 spiro atoms. The molecule has 120 valence electrons. The number of hydrogen-bond acceptors (Lipinski definition) is 5. The number of carbonyl (C=O) groups is 2. The number of hydrogen-bond donors (Lipinski definition) is 0. The molecule has 5 heteroatoms. The van der Waals surface area contributed by atoms with Crippen LogP contribution in [0.3, 0.4) is 0 Å². The van der Waals surface area contributed by atoms with Crippen molar-refractivity contribution in [2.45, 2.75) is 39.7 Å². The number of aryl methyl sites for hydroxylation is 1. The summed E-state index contributed by atoms with van der Waals surface area (Å²) in [5.41, 5.74) is 2.13. The van der Waals surface area contributed by atoms with Crippen LogP contribution in [0.1, 0.15) is 43.2 Å². The molecule has 0 saturated carbocycles. The monoisotopic (exact) mass is 312 g/mol. The second-order valence-electron chi connectivity index (χ2n) is 6.31. The lowest BCUT2D eigenvalue weighted by Gasteiger charge is -2.19. The zero-order valence-electron chi connectivity index (χ0n) is 13.8. The molecule has 0 saturated heterocycles. The third-order valence-corrected chi connectivity index (χ3v) is 2.96. The number of carbonyl (C=O) groups excluding carboxylic acids is 2. The molecule has 0 radical (unpaired) electrons. The quantitative estimate of drug-likeness (QED) is 0.492. The Labute approximate surface area is 135 Å². The fourth-order valence-electron chi connectivity index (χ4n) is 2.07. The number of rotatable bonds is 4. The number of esters is 1. The van der Waals surface area contributed by atoms with E-state index in [0.717, 1.165) is 11.3 Å². The smallest absolute Gasteiger partial charge is 0.314 e. The first-order chi connectivity index (χ1) is 10.7. The van der Waals surface area contributed by atoms with E-state index in [4.69, 9.17) is 4.74 Å². The summed E-state index contributed by atoms with van der Waals surface area (Å²) in [7, 11) is 0. The van der Waals surface area contributed by atoms with Gasteiger partial charge in [-0.2, -0.15) is 0 Å². The Morgan fingerprint density at radius 2 is 1.91 bits per heavy atom. The molecule has 1 aromatic carbocycles. The van der Waals surface area contributed by atoms with Crippen molar-refractivity contribution in [3.8, 4) is 11.3 Å². The van der Waals surface area contributed by atoms with E-state index < -0.39 is 11.6 Å². The lowest BCUT2D eigenvalue weighted by Crippen LogP contribution is -2.25. The van der Waals surface area contributed by atoms with E-state index in [9.17, 15) is 9.59 Å². The average Bonchev–Trinajstić information content (AvgIpc) is 2.45. The van der Waals surface area contributed by atoms with Crippen LogP contribution in [0.2, 0.25) is 0 Å². The van der Waals surface area contributed by atoms with Crippen LogP contribution in [-0.2, 0) is 9.53 Å². The minimum atomic E-state index is -0.601. The minimum absolute atomic E-state index is 0.276. The molecule has 1 heterocycles. The predicted molar refractivity (Wildman–Crippen MR) is 87.0 cm³/mol. The summed E-state index contributed by atoms with van der Waals surface area (Å²) >= 11 is 0. The minimum Gasteiger partial charge on any atom is -0.460 e. The topological polar surface area (TPSA) is 69.2 Å². The Balaban J connectivity index is 2.16. The van der Waals surface area contributed by atoms with Crippen molar-refractivity contribution < 1.29 is 14.3 Å². The van der Waals surface area contributed by atoms with Crippen molar-refractivity contribution in [2.24, 2.45) is 0 Å². The number of ether oxygens (including phenoxy) is 1. The van der Waals surface area contributed by atoms with E-state index in [1.165, 1.54) is 0 Å². The molecule has 0 aliphatic rings. The first-order valence-corrected chi connectivity index (χ1v) is 7.39. The summed E-state index contributed by atoms with van der Waals surface area (Å²) in [5, 5.41) is 0. The van der Waals surface area contributed by atoms with Gasteiger partial charge in [-0.1, -0.05) is 18.2 Å². The standard InChI is InChI=1S/C18H20N2O3/c1-12-10-19-11-15(20-12)13-6-5-7-14(8-13)16(21)9-17(22)23-18(2,3)4/h5-8,10-11H,9H2,1-4H3. The highest BCUT2D eigenvalue weighted by Gasteiger charge is 2.20. The van der Waals surface area contributed by atoms with Crippen LogP contribution in [0.4, 0.5) is 0 Å². The maximum atomic E-state index is 12.3. The van der Waals surface area contributed by atoms with Gasteiger partial charge in [0.25, 0.3) is 0 Å². The molecule has 5 nitrogen and oxygen atoms in total. The largest absolute Gasteiger partial charge is 0.460 e. The van der Waals surface area contributed by atoms with Crippen LogP contribution in [0.15, 0.2) is 36.7 Å². The first-order valence-electron chi connectivity index (χ1n) is 7.39. The zero-order chi connectivity index (χ0) is 17.0. The molecular weight excluding hydrogens is 292 g/mol. The maximum Gasteiger partial charge on any atom is 0.314 e. The summed E-state index contributed by atoms with van der Waals surface area (Å²) in [6.45, 7) is 7.17. The molecule has 1 aromatic heterocycles. The van der Waals surface area contributed by atoms with E-state index in [0.29, 0.717) is 11.3 Å². The molecule has 0 amide bonds. The molecule has 2 rings (SSSR count). The number of aromatic nitrogens is 2. The highest BCUT2D eigenvalue weighted by Crippen LogP contribution is 2.19. The van der Waals surface area contributed by atoms with E-state index in [-0.39, 0.29) is 12.2 Å². The Hall–Kier alpha value is -2.56. The van der Waals surface area contributed by atoms with Crippen molar-refractivity contribution in [2.75, 3.05) is 0 Å². The predicted octanol–water partition coefficient (Wildman–Crippen LogP) is 3.37. The average molecular weight is 312 g/mol. The van der Waals surface area contributed by atoms with Gasteiger partial charge in [0.15, 0.2) is 5.78 Å². The molecule has 0 N–H and O–H groups in total. The summed E-state index contributed by atoms with van der Waals surface area (Å²) in [6.07, 6.45) is 3.03. The van der Waals surface area contributed by atoms with E-state index >= 15 is 0 Å². The highest BCUT2D eigenvalue weighted by atomic mass is 16.6. The zero-order valence-corrected chi connectivity index (χ0v) is 13.8. The normalized spacial score (nSPS) is 11.1. The van der Waals surface area contributed by atoms with Gasteiger partial charge in [-0.3, -0.25) is 14.6 Å². The second-order valence-corrected chi connectivity index (χ2v) is 6.31. The summed E-state index contributed by atoms with van der Waals surface area (Å²) in [5.74, 6) is -0.801. The van der Waals surface area contributed by atoms with E-state index in [1.54, 1.807) is 51.4 Å². The Morgan fingerprint density at radius 1 is 1.17 bits per heavy atom. The van der Waals surface area contributed by atoms with E-state index in [2.05, 4.69) is 9.97 Å². The fourth-order valence-corrected chi connectivity index (χ4v) is 2.07. The van der Waals surface area contributed by atoms with Crippen LogP contribution >= 0.6 is 0 Å². The Kier molecular flexibility index (Phi) is 4.89. The third-order valence-electron chi connectivity index (χ3n) is 2.96. The molecular formula is C18H20N2O3. The van der Waals surface area contributed by atoms with E-state index in [1.807, 2.05) is 13.0 Å². The third kappa shape index (κ3) is 4.98. The van der Waals surface area contributed by atoms with Crippen molar-refractivity contribution in [1.82, 2.24) is 9.97 Å². The van der Waals surface area contributed by atoms with Crippen LogP contribution in [0.25, 0.3) is 11.3 Å². The lowest BCUT2D eigenvalue weighted by molar-refractivity contribution is -0.153.